The maximum Gasteiger partial charge on any atom is 0.144 e. The van der Waals surface area contributed by atoms with Gasteiger partial charge in [0, 0.05) is 23.7 Å². The van der Waals surface area contributed by atoms with Crippen LogP contribution in [-0.2, 0) is 6.42 Å². The van der Waals surface area contributed by atoms with Crippen molar-refractivity contribution in [2.75, 3.05) is 0 Å². The predicted octanol–water partition coefficient (Wildman–Crippen LogP) is 3.83. The van der Waals surface area contributed by atoms with Gasteiger partial charge in [0.05, 0.1) is 4.47 Å². The minimum atomic E-state index is 0.579. The average molecular weight is 310 g/mol. The molecular weight excluding hydrogens is 298 g/mol. The van der Waals surface area contributed by atoms with Crippen LogP contribution < -0.4 is 0 Å². The Morgan fingerprint density at radius 1 is 1.47 bits per heavy atom. The standard InChI is InChI=1S/C12H12BrN3S/c1-3-8-6-14-5-4-9(8)11-15-7(2)10(13)12(17)16-11/h4-6H,3H2,1-2H3,(H,15,16,17). The fourth-order valence-corrected chi connectivity index (χ4v) is 2.07. The van der Waals surface area contributed by atoms with E-state index < -0.39 is 0 Å². The third kappa shape index (κ3) is 2.45. The molecule has 0 aliphatic heterocycles. The molecule has 0 aliphatic carbocycles. The van der Waals surface area contributed by atoms with Crippen molar-refractivity contribution >= 4 is 28.1 Å². The minimum absolute atomic E-state index is 0.579. The Morgan fingerprint density at radius 2 is 2.24 bits per heavy atom. The van der Waals surface area contributed by atoms with Crippen molar-refractivity contribution < 1.29 is 0 Å². The van der Waals surface area contributed by atoms with Gasteiger partial charge in [-0.05, 0) is 40.9 Å². The molecule has 0 amide bonds. The van der Waals surface area contributed by atoms with Crippen molar-refractivity contribution in [3.05, 3.63) is 38.8 Å². The number of nitrogens with one attached hydrogen (secondary N) is 1. The van der Waals surface area contributed by atoms with Crippen molar-refractivity contribution in [3.63, 3.8) is 0 Å². The van der Waals surface area contributed by atoms with Crippen molar-refractivity contribution in [1.29, 1.82) is 0 Å². The van der Waals surface area contributed by atoms with E-state index in [9.17, 15) is 0 Å². The molecule has 0 bridgehead atoms. The van der Waals surface area contributed by atoms with Crippen LogP contribution in [0, 0.1) is 11.6 Å². The highest BCUT2D eigenvalue weighted by molar-refractivity contribution is 9.10. The van der Waals surface area contributed by atoms with Gasteiger partial charge in [0.1, 0.15) is 10.5 Å². The van der Waals surface area contributed by atoms with Gasteiger partial charge in [0.2, 0.25) is 0 Å². The summed E-state index contributed by atoms with van der Waals surface area (Å²) in [5.41, 5.74) is 3.20. The fourth-order valence-electron chi connectivity index (χ4n) is 1.64. The van der Waals surface area contributed by atoms with E-state index in [2.05, 4.69) is 37.8 Å². The van der Waals surface area contributed by atoms with Crippen LogP contribution in [0.2, 0.25) is 0 Å². The summed E-state index contributed by atoms with van der Waals surface area (Å²) >= 11 is 8.63. The third-order valence-electron chi connectivity index (χ3n) is 2.58. The lowest BCUT2D eigenvalue weighted by Crippen LogP contribution is -1.97. The molecule has 0 spiro atoms. The Morgan fingerprint density at radius 3 is 2.88 bits per heavy atom. The molecule has 0 radical (unpaired) electrons. The number of aryl methyl sites for hydroxylation is 2. The van der Waals surface area contributed by atoms with Crippen molar-refractivity contribution in [2.45, 2.75) is 20.3 Å². The van der Waals surface area contributed by atoms with E-state index in [4.69, 9.17) is 12.2 Å². The smallest absolute Gasteiger partial charge is 0.144 e. The van der Waals surface area contributed by atoms with Gasteiger partial charge in [-0.3, -0.25) is 4.98 Å². The quantitative estimate of drug-likeness (QED) is 0.857. The lowest BCUT2D eigenvalue weighted by atomic mass is 10.1. The molecule has 0 aromatic carbocycles. The number of aromatic amines is 1. The molecule has 2 aromatic rings. The first-order valence-electron chi connectivity index (χ1n) is 5.33. The molecule has 2 aromatic heterocycles. The molecule has 0 aliphatic rings. The van der Waals surface area contributed by atoms with Crippen LogP contribution in [0.4, 0.5) is 0 Å². The second-order valence-electron chi connectivity index (χ2n) is 3.72. The first kappa shape index (κ1) is 12.4. The Bertz CT molecular complexity index is 607. The lowest BCUT2D eigenvalue weighted by molar-refractivity contribution is 1.05. The number of nitrogens with zero attached hydrogens (tertiary/aromatic N) is 2. The summed E-state index contributed by atoms with van der Waals surface area (Å²) in [6.07, 6.45) is 4.55. The number of H-pyrrole nitrogens is 1. The first-order valence-corrected chi connectivity index (χ1v) is 6.53. The number of hydrogen-bond donors (Lipinski definition) is 1. The Hall–Kier alpha value is -1.07. The van der Waals surface area contributed by atoms with E-state index >= 15 is 0 Å². The van der Waals surface area contributed by atoms with Crippen molar-refractivity contribution in [3.8, 4) is 11.4 Å². The SMILES string of the molecule is CCc1cnccc1-c1nc(=S)c(Br)c(C)[nH]1. The van der Waals surface area contributed by atoms with Crippen LogP contribution in [0.5, 0.6) is 0 Å². The molecule has 2 rings (SSSR count). The highest BCUT2D eigenvalue weighted by Gasteiger charge is 2.08. The van der Waals surface area contributed by atoms with E-state index in [0.717, 1.165) is 33.5 Å². The normalized spacial score (nSPS) is 10.5. The van der Waals surface area contributed by atoms with Crippen molar-refractivity contribution in [2.24, 2.45) is 0 Å². The highest BCUT2D eigenvalue weighted by Crippen LogP contribution is 2.23. The highest BCUT2D eigenvalue weighted by atomic mass is 79.9. The summed E-state index contributed by atoms with van der Waals surface area (Å²) in [5.74, 6) is 0.801. The zero-order chi connectivity index (χ0) is 12.4. The third-order valence-corrected chi connectivity index (χ3v) is 4.10. The van der Waals surface area contributed by atoms with Crippen LogP contribution >= 0.6 is 28.1 Å². The second-order valence-corrected chi connectivity index (χ2v) is 4.90. The van der Waals surface area contributed by atoms with E-state index in [1.807, 2.05) is 19.2 Å². The van der Waals surface area contributed by atoms with E-state index in [1.54, 1.807) is 6.20 Å². The zero-order valence-electron chi connectivity index (χ0n) is 9.62. The molecule has 88 valence electrons. The van der Waals surface area contributed by atoms with Crippen LogP contribution in [-0.4, -0.2) is 15.0 Å². The van der Waals surface area contributed by atoms with Gasteiger partial charge >= 0.3 is 0 Å². The summed E-state index contributed by atoms with van der Waals surface area (Å²) in [7, 11) is 0. The lowest BCUT2D eigenvalue weighted by Gasteiger charge is -2.08. The summed E-state index contributed by atoms with van der Waals surface area (Å²) in [6, 6.07) is 1.96. The topological polar surface area (TPSA) is 41.6 Å². The number of rotatable bonds is 2. The number of hydrogen-bond acceptors (Lipinski definition) is 3. The van der Waals surface area contributed by atoms with E-state index in [-0.39, 0.29) is 0 Å². The molecule has 0 fully saturated rings. The largest absolute Gasteiger partial charge is 0.342 e. The van der Waals surface area contributed by atoms with Gasteiger partial charge in [0.15, 0.2) is 0 Å². The van der Waals surface area contributed by atoms with E-state index in [1.165, 1.54) is 0 Å². The Kier molecular flexibility index (Phi) is 3.69. The van der Waals surface area contributed by atoms with Gasteiger partial charge < -0.3 is 4.98 Å². The number of halogens is 1. The van der Waals surface area contributed by atoms with Crippen LogP contribution in [0.15, 0.2) is 22.9 Å². The monoisotopic (exact) mass is 309 g/mol. The summed E-state index contributed by atoms with van der Waals surface area (Å²) < 4.78 is 1.43. The molecule has 3 nitrogen and oxygen atoms in total. The number of pyridine rings is 1. The van der Waals surface area contributed by atoms with Gasteiger partial charge in [-0.25, -0.2) is 4.98 Å². The molecule has 5 heteroatoms. The molecule has 0 unspecified atom stereocenters. The van der Waals surface area contributed by atoms with E-state index in [0.29, 0.717) is 4.64 Å². The van der Waals surface area contributed by atoms with Gasteiger partial charge in [0.25, 0.3) is 0 Å². The molecular formula is C12H12BrN3S. The maximum absolute atomic E-state index is 5.21. The molecule has 0 saturated heterocycles. The molecule has 2 heterocycles. The fraction of sp³-hybridized carbons (Fsp3) is 0.250. The van der Waals surface area contributed by atoms with Gasteiger partial charge in [-0.1, -0.05) is 19.1 Å². The summed E-state index contributed by atoms with van der Waals surface area (Å²) in [6.45, 7) is 4.07. The minimum Gasteiger partial charge on any atom is -0.342 e. The molecule has 0 atom stereocenters. The van der Waals surface area contributed by atoms with Crippen molar-refractivity contribution in [1.82, 2.24) is 15.0 Å². The second kappa shape index (κ2) is 5.06. The molecule has 1 N–H and O–H groups in total. The first-order chi connectivity index (χ1) is 8.13. The average Bonchev–Trinajstić information content (AvgIpc) is 2.35. The number of aromatic nitrogens is 3. The maximum atomic E-state index is 5.21. The Balaban J connectivity index is 2.65. The van der Waals surface area contributed by atoms with Crippen LogP contribution in [0.25, 0.3) is 11.4 Å². The van der Waals surface area contributed by atoms with Crippen LogP contribution in [0.1, 0.15) is 18.2 Å². The molecule has 17 heavy (non-hydrogen) atoms. The molecule has 0 saturated carbocycles. The van der Waals surface area contributed by atoms with Crippen LogP contribution in [0.3, 0.4) is 0 Å². The predicted molar refractivity (Wildman–Crippen MR) is 74.5 cm³/mol. The summed E-state index contributed by atoms with van der Waals surface area (Å²) in [4.78, 5) is 11.8. The Labute approximate surface area is 113 Å². The van der Waals surface area contributed by atoms with Gasteiger partial charge in [-0.2, -0.15) is 0 Å². The van der Waals surface area contributed by atoms with Gasteiger partial charge in [-0.15, -0.1) is 0 Å². The zero-order valence-corrected chi connectivity index (χ0v) is 12.0. The summed E-state index contributed by atoms with van der Waals surface area (Å²) in [5, 5.41) is 0.